The Morgan fingerprint density at radius 2 is 1.33 bits per heavy atom. The van der Waals surface area contributed by atoms with Crippen molar-refractivity contribution < 1.29 is 9.63 Å². The highest BCUT2D eigenvalue weighted by Crippen LogP contribution is 2.34. The van der Waals surface area contributed by atoms with Gasteiger partial charge in [0.05, 0.1) is 12.2 Å². The number of halogens is 4. The second kappa shape index (κ2) is 8.86. The number of hydrogen-bond donors (Lipinski definition) is 0. The summed E-state index contributed by atoms with van der Waals surface area (Å²) in [6.45, 7) is 0.248. The van der Waals surface area contributed by atoms with Crippen LogP contribution in [0.1, 0.15) is 16.7 Å². The molecule has 30 heavy (non-hydrogen) atoms. The fourth-order valence-electron chi connectivity index (χ4n) is 3.18. The molecule has 8 heteroatoms. The van der Waals surface area contributed by atoms with Gasteiger partial charge in [-0.1, -0.05) is 81.9 Å². The zero-order valence-corrected chi connectivity index (χ0v) is 18.4. The van der Waals surface area contributed by atoms with E-state index in [1.165, 1.54) is 0 Å². The smallest absolute Gasteiger partial charge is 0.281 e. The summed E-state index contributed by atoms with van der Waals surface area (Å²) in [4.78, 5) is 20.2. The van der Waals surface area contributed by atoms with Gasteiger partial charge in [0.15, 0.2) is 5.71 Å². The SMILES string of the molecule is O=C1/C(=N/OCc2c(Cl)cccc2Cl)c2ccccc2N1Cc1c(Cl)cccc1Cl. The predicted octanol–water partition coefficient (Wildman–Crippen LogP) is 6.77. The van der Waals surface area contributed by atoms with Crippen LogP contribution >= 0.6 is 46.4 Å². The third kappa shape index (κ3) is 4.01. The van der Waals surface area contributed by atoms with Gasteiger partial charge < -0.3 is 9.74 Å². The monoisotopic (exact) mass is 478 g/mol. The van der Waals surface area contributed by atoms with Crippen molar-refractivity contribution in [1.82, 2.24) is 0 Å². The summed E-state index contributed by atoms with van der Waals surface area (Å²) in [5, 5.41) is 6.02. The van der Waals surface area contributed by atoms with E-state index >= 15 is 0 Å². The number of amides is 1. The number of benzene rings is 3. The lowest BCUT2D eigenvalue weighted by atomic mass is 10.1. The molecule has 0 spiro atoms. The number of carbonyl (C=O) groups is 1. The maximum absolute atomic E-state index is 13.1. The zero-order chi connectivity index (χ0) is 21.3. The molecular weight excluding hydrogens is 466 g/mol. The van der Waals surface area contributed by atoms with Crippen molar-refractivity contribution in [3.63, 3.8) is 0 Å². The summed E-state index contributed by atoms with van der Waals surface area (Å²) in [6.07, 6.45) is 0. The minimum atomic E-state index is -0.308. The van der Waals surface area contributed by atoms with Crippen LogP contribution in [-0.4, -0.2) is 11.6 Å². The van der Waals surface area contributed by atoms with Crippen molar-refractivity contribution in [2.45, 2.75) is 13.2 Å². The lowest BCUT2D eigenvalue weighted by Crippen LogP contribution is -2.30. The van der Waals surface area contributed by atoms with Crippen LogP contribution in [0.4, 0.5) is 5.69 Å². The van der Waals surface area contributed by atoms with E-state index in [-0.39, 0.29) is 24.8 Å². The Labute approximate surface area is 193 Å². The fraction of sp³-hybridized carbons (Fsp3) is 0.0909. The molecule has 0 saturated carbocycles. The average Bonchev–Trinajstić information content (AvgIpc) is 2.98. The molecule has 0 aromatic heterocycles. The third-order valence-electron chi connectivity index (χ3n) is 4.70. The van der Waals surface area contributed by atoms with Crippen LogP contribution in [0.3, 0.4) is 0 Å². The van der Waals surface area contributed by atoms with Gasteiger partial charge in [0.1, 0.15) is 6.61 Å². The normalized spacial score (nSPS) is 14.3. The average molecular weight is 480 g/mol. The Kier molecular flexibility index (Phi) is 6.21. The van der Waals surface area contributed by atoms with Gasteiger partial charge in [-0.25, -0.2) is 0 Å². The highest BCUT2D eigenvalue weighted by Gasteiger charge is 2.35. The molecule has 4 rings (SSSR count). The number of hydrogen-bond acceptors (Lipinski definition) is 3. The van der Waals surface area contributed by atoms with Crippen molar-refractivity contribution in [2.75, 3.05) is 4.90 Å². The molecule has 0 atom stereocenters. The molecule has 1 aliphatic rings. The Morgan fingerprint density at radius 1 is 0.767 bits per heavy atom. The molecule has 0 bridgehead atoms. The lowest BCUT2D eigenvalue weighted by Gasteiger charge is -2.18. The van der Waals surface area contributed by atoms with Crippen LogP contribution in [-0.2, 0) is 22.8 Å². The quantitative estimate of drug-likeness (QED) is 0.379. The Bertz CT molecular complexity index is 1120. The van der Waals surface area contributed by atoms with Crippen molar-refractivity contribution >= 4 is 63.7 Å². The molecule has 0 fully saturated rings. The molecule has 0 saturated heterocycles. The number of oxime groups is 1. The van der Waals surface area contributed by atoms with Crippen LogP contribution < -0.4 is 4.90 Å². The van der Waals surface area contributed by atoms with Crippen LogP contribution in [0.15, 0.2) is 65.8 Å². The standard InChI is InChI=1S/C22H14Cl4N2O2/c23-16-6-3-7-17(24)14(16)11-28-20-10-2-1-5-13(20)21(22(28)29)27-30-12-15-18(25)8-4-9-19(15)26/h1-10H,11-12H2/b27-21+. The van der Waals surface area contributed by atoms with E-state index < -0.39 is 0 Å². The first-order chi connectivity index (χ1) is 14.5. The minimum absolute atomic E-state index is 0.0355. The van der Waals surface area contributed by atoms with Crippen LogP contribution in [0.2, 0.25) is 20.1 Å². The fourth-order valence-corrected chi connectivity index (χ4v) is 4.20. The van der Waals surface area contributed by atoms with Crippen LogP contribution in [0, 0.1) is 0 Å². The predicted molar refractivity (Wildman–Crippen MR) is 122 cm³/mol. The number of anilines is 1. The topological polar surface area (TPSA) is 41.9 Å². The molecule has 1 amide bonds. The first-order valence-electron chi connectivity index (χ1n) is 8.94. The molecule has 0 radical (unpaired) electrons. The number of rotatable bonds is 5. The summed E-state index contributed by atoms with van der Waals surface area (Å²) in [5.74, 6) is -0.308. The van der Waals surface area contributed by atoms with Gasteiger partial charge in [0.25, 0.3) is 5.91 Å². The molecule has 152 valence electrons. The summed E-state index contributed by atoms with van der Waals surface area (Å²) >= 11 is 24.9. The molecule has 0 aliphatic carbocycles. The van der Waals surface area contributed by atoms with Crippen molar-refractivity contribution in [3.8, 4) is 0 Å². The van der Waals surface area contributed by atoms with Crippen molar-refractivity contribution in [2.24, 2.45) is 5.16 Å². The second-order valence-electron chi connectivity index (χ2n) is 6.52. The van der Waals surface area contributed by atoms with Crippen molar-refractivity contribution in [1.29, 1.82) is 0 Å². The van der Waals surface area contributed by atoms with Gasteiger partial charge in [-0.3, -0.25) is 4.79 Å². The molecule has 0 N–H and O–H groups in total. The summed E-state index contributed by atoms with van der Waals surface area (Å²) in [5.41, 5.74) is 2.82. The molecular formula is C22H14Cl4N2O2. The van der Waals surface area contributed by atoms with E-state index in [1.807, 2.05) is 24.3 Å². The van der Waals surface area contributed by atoms with E-state index in [2.05, 4.69) is 5.16 Å². The van der Waals surface area contributed by atoms with E-state index in [9.17, 15) is 4.79 Å². The van der Waals surface area contributed by atoms with Crippen LogP contribution in [0.5, 0.6) is 0 Å². The first kappa shape index (κ1) is 21.0. The number of fused-ring (bicyclic) bond motifs is 1. The second-order valence-corrected chi connectivity index (χ2v) is 8.15. The number of carbonyl (C=O) groups excluding carboxylic acids is 1. The highest BCUT2D eigenvalue weighted by molar-refractivity contribution is 6.54. The maximum atomic E-state index is 13.1. The molecule has 3 aromatic carbocycles. The third-order valence-corrected chi connectivity index (χ3v) is 6.12. The number of nitrogens with zero attached hydrogens (tertiary/aromatic N) is 2. The molecule has 0 unspecified atom stereocenters. The number of para-hydroxylation sites is 1. The first-order valence-corrected chi connectivity index (χ1v) is 10.5. The van der Waals surface area contributed by atoms with E-state index in [0.29, 0.717) is 42.5 Å². The van der Waals surface area contributed by atoms with Gasteiger partial charge in [0, 0.05) is 36.8 Å². The van der Waals surface area contributed by atoms with Crippen molar-refractivity contribution in [3.05, 3.63) is 97.4 Å². The van der Waals surface area contributed by atoms with Gasteiger partial charge in [-0.15, -0.1) is 0 Å². The molecule has 4 nitrogen and oxygen atoms in total. The van der Waals surface area contributed by atoms with Gasteiger partial charge >= 0.3 is 0 Å². The van der Waals surface area contributed by atoms with E-state index in [4.69, 9.17) is 51.2 Å². The Hall–Kier alpha value is -2.24. The Balaban J connectivity index is 1.62. The lowest BCUT2D eigenvalue weighted by molar-refractivity contribution is -0.112. The van der Waals surface area contributed by atoms with Gasteiger partial charge in [-0.05, 0) is 30.3 Å². The maximum Gasteiger partial charge on any atom is 0.281 e. The summed E-state index contributed by atoms with van der Waals surface area (Å²) in [7, 11) is 0. The minimum Gasteiger partial charge on any atom is -0.390 e. The largest absolute Gasteiger partial charge is 0.390 e. The van der Waals surface area contributed by atoms with Gasteiger partial charge in [0.2, 0.25) is 0 Å². The summed E-state index contributed by atoms with van der Waals surface area (Å²) in [6, 6.07) is 17.7. The van der Waals surface area contributed by atoms with E-state index in [0.717, 1.165) is 0 Å². The van der Waals surface area contributed by atoms with Gasteiger partial charge in [-0.2, -0.15) is 0 Å². The molecule has 1 aliphatic heterocycles. The highest BCUT2D eigenvalue weighted by atomic mass is 35.5. The van der Waals surface area contributed by atoms with E-state index in [1.54, 1.807) is 41.3 Å². The zero-order valence-electron chi connectivity index (χ0n) is 15.4. The molecule has 1 heterocycles. The summed E-state index contributed by atoms with van der Waals surface area (Å²) < 4.78 is 0. The Morgan fingerprint density at radius 3 is 1.97 bits per heavy atom. The van der Waals surface area contributed by atoms with Crippen LogP contribution in [0.25, 0.3) is 0 Å². The molecule has 3 aromatic rings.